The maximum absolute atomic E-state index is 6.25. The highest BCUT2D eigenvalue weighted by Crippen LogP contribution is 2.26. The van der Waals surface area contributed by atoms with Crippen LogP contribution in [0.4, 0.5) is 0 Å². The molecule has 0 aliphatic heterocycles. The van der Waals surface area contributed by atoms with Gasteiger partial charge in [0, 0.05) is 23.8 Å². The lowest BCUT2D eigenvalue weighted by Gasteiger charge is -2.37. The Balaban J connectivity index is 2.88. The molecule has 0 spiro atoms. The Morgan fingerprint density at radius 1 is 1.53 bits per heavy atom. The monoisotopic (exact) mass is 210 g/mol. The summed E-state index contributed by atoms with van der Waals surface area (Å²) in [6.45, 7) is 7.23. The standard InChI is InChI=1S/C11H22N4/c1-6-15-8-9(7-13-15)10(12)11(2,3)14(4)5/h7-8,10H,6,12H2,1-5H3. The van der Waals surface area contributed by atoms with Crippen LogP contribution in [-0.4, -0.2) is 34.3 Å². The maximum atomic E-state index is 6.25. The Hall–Kier alpha value is -0.870. The molecule has 15 heavy (non-hydrogen) atoms. The second kappa shape index (κ2) is 4.33. The first-order valence-corrected chi connectivity index (χ1v) is 5.35. The first kappa shape index (κ1) is 12.2. The fraction of sp³-hybridized carbons (Fsp3) is 0.727. The van der Waals surface area contributed by atoms with E-state index in [0.717, 1.165) is 12.1 Å². The summed E-state index contributed by atoms with van der Waals surface area (Å²) in [6.07, 6.45) is 3.88. The quantitative estimate of drug-likeness (QED) is 0.813. The third kappa shape index (κ3) is 2.38. The minimum Gasteiger partial charge on any atom is -0.322 e. The maximum Gasteiger partial charge on any atom is 0.0538 e. The lowest BCUT2D eigenvalue weighted by molar-refractivity contribution is 0.159. The minimum absolute atomic E-state index is 0.0206. The van der Waals surface area contributed by atoms with E-state index in [1.165, 1.54) is 0 Å². The Kier molecular flexibility index (Phi) is 3.52. The predicted molar refractivity (Wildman–Crippen MR) is 62.6 cm³/mol. The highest BCUT2D eigenvalue weighted by Gasteiger charge is 2.30. The molecule has 0 bridgehead atoms. The van der Waals surface area contributed by atoms with Gasteiger partial charge in [-0.05, 0) is 34.9 Å². The summed E-state index contributed by atoms with van der Waals surface area (Å²) < 4.78 is 1.90. The van der Waals surface area contributed by atoms with Gasteiger partial charge in [0.25, 0.3) is 0 Å². The Morgan fingerprint density at radius 2 is 2.13 bits per heavy atom. The van der Waals surface area contributed by atoms with Crippen LogP contribution in [0.2, 0.25) is 0 Å². The number of likely N-dealkylation sites (N-methyl/N-ethyl adjacent to an activating group) is 1. The first-order valence-electron chi connectivity index (χ1n) is 5.35. The van der Waals surface area contributed by atoms with Gasteiger partial charge >= 0.3 is 0 Å². The van der Waals surface area contributed by atoms with E-state index in [-0.39, 0.29) is 11.6 Å². The fourth-order valence-corrected chi connectivity index (χ4v) is 1.40. The summed E-state index contributed by atoms with van der Waals surface area (Å²) >= 11 is 0. The minimum atomic E-state index is -0.0679. The largest absolute Gasteiger partial charge is 0.322 e. The zero-order chi connectivity index (χ0) is 11.6. The van der Waals surface area contributed by atoms with Gasteiger partial charge in [0.1, 0.15) is 0 Å². The molecule has 0 aromatic carbocycles. The van der Waals surface area contributed by atoms with Crippen LogP contribution in [0.1, 0.15) is 32.4 Å². The number of aromatic nitrogens is 2. The van der Waals surface area contributed by atoms with Crippen LogP contribution in [0.5, 0.6) is 0 Å². The summed E-state index contributed by atoms with van der Waals surface area (Å²) in [7, 11) is 4.09. The van der Waals surface area contributed by atoms with Gasteiger partial charge in [-0.15, -0.1) is 0 Å². The second-order valence-electron chi connectivity index (χ2n) is 4.66. The van der Waals surface area contributed by atoms with E-state index >= 15 is 0 Å². The van der Waals surface area contributed by atoms with Crippen molar-refractivity contribution >= 4 is 0 Å². The molecule has 1 atom stereocenters. The summed E-state index contributed by atoms with van der Waals surface area (Å²) in [5, 5.41) is 4.25. The Labute approximate surface area is 92.1 Å². The average Bonchev–Trinajstić information content (AvgIpc) is 2.64. The van der Waals surface area contributed by atoms with Crippen molar-refractivity contribution < 1.29 is 0 Å². The molecule has 0 fully saturated rings. The predicted octanol–water partition coefficient (Wildman–Crippen LogP) is 1.24. The molecule has 0 amide bonds. The van der Waals surface area contributed by atoms with Crippen LogP contribution >= 0.6 is 0 Å². The second-order valence-corrected chi connectivity index (χ2v) is 4.66. The molecule has 1 aromatic heterocycles. The molecular weight excluding hydrogens is 188 g/mol. The molecule has 1 aromatic rings. The molecule has 86 valence electrons. The van der Waals surface area contributed by atoms with Crippen molar-refractivity contribution in [2.45, 2.75) is 38.9 Å². The van der Waals surface area contributed by atoms with Crippen LogP contribution in [0.25, 0.3) is 0 Å². The van der Waals surface area contributed by atoms with Crippen LogP contribution in [0.3, 0.4) is 0 Å². The average molecular weight is 210 g/mol. The molecular formula is C11H22N4. The van der Waals surface area contributed by atoms with Crippen molar-refractivity contribution in [2.24, 2.45) is 5.73 Å². The number of hydrogen-bond donors (Lipinski definition) is 1. The Morgan fingerprint density at radius 3 is 2.53 bits per heavy atom. The van der Waals surface area contributed by atoms with Crippen molar-refractivity contribution in [1.82, 2.24) is 14.7 Å². The number of aryl methyl sites for hydroxylation is 1. The molecule has 1 unspecified atom stereocenters. The van der Waals surface area contributed by atoms with Crippen molar-refractivity contribution in [3.63, 3.8) is 0 Å². The number of rotatable bonds is 4. The van der Waals surface area contributed by atoms with Crippen molar-refractivity contribution in [2.75, 3.05) is 14.1 Å². The molecule has 1 rings (SSSR count). The van der Waals surface area contributed by atoms with Crippen LogP contribution in [0.15, 0.2) is 12.4 Å². The molecule has 1 heterocycles. The fourth-order valence-electron chi connectivity index (χ4n) is 1.40. The van der Waals surface area contributed by atoms with E-state index in [4.69, 9.17) is 5.73 Å². The molecule has 4 heteroatoms. The van der Waals surface area contributed by atoms with E-state index in [0.29, 0.717) is 0 Å². The van der Waals surface area contributed by atoms with Crippen molar-refractivity contribution in [3.05, 3.63) is 18.0 Å². The molecule has 0 aliphatic carbocycles. The van der Waals surface area contributed by atoms with Gasteiger partial charge < -0.3 is 10.6 Å². The van der Waals surface area contributed by atoms with Crippen LogP contribution in [-0.2, 0) is 6.54 Å². The summed E-state index contributed by atoms with van der Waals surface area (Å²) in [6, 6.07) is -0.0206. The van der Waals surface area contributed by atoms with Crippen molar-refractivity contribution in [1.29, 1.82) is 0 Å². The molecule has 0 saturated heterocycles. The zero-order valence-corrected chi connectivity index (χ0v) is 10.4. The van der Waals surface area contributed by atoms with Crippen LogP contribution in [0, 0.1) is 0 Å². The van der Waals surface area contributed by atoms with Gasteiger partial charge in [-0.3, -0.25) is 4.68 Å². The lowest BCUT2D eigenvalue weighted by atomic mass is 9.90. The van der Waals surface area contributed by atoms with Gasteiger partial charge in [0.2, 0.25) is 0 Å². The summed E-state index contributed by atoms with van der Waals surface area (Å²) in [5.74, 6) is 0. The molecule has 0 aliphatic rings. The normalized spacial score (nSPS) is 14.6. The zero-order valence-electron chi connectivity index (χ0n) is 10.4. The Bertz CT molecular complexity index is 314. The van der Waals surface area contributed by atoms with E-state index < -0.39 is 0 Å². The van der Waals surface area contributed by atoms with Gasteiger partial charge in [-0.2, -0.15) is 5.10 Å². The molecule has 0 radical (unpaired) electrons. The topological polar surface area (TPSA) is 47.1 Å². The SMILES string of the molecule is CCn1cc(C(N)C(C)(C)N(C)C)cn1. The third-order valence-corrected chi connectivity index (χ3v) is 3.25. The smallest absolute Gasteiger partial charge is 0.0538 e. The van der Waals surface area contributed by atoms with Crippen LogP contribution < -0.4 is 5.73 Å². The van der Waals surface area contributed by atoms with Gasteiger partial charge in [0.15, 0.2) is 0 Å². The van der Waals surface area contributed by atoms with Crippen molar-refractivity contribution in [3.8, 4) is 0 Å². The highest BCUT2D eigenvalue weighted by atomic mass is 15.3. The molecule has 0 saturated carbocycles. The van der Waals surface area contributed by atoms with E-state index in [2.05, 4.69) is 30.8 Å². The lowest BCUT2D eigenvalue weighted by Crippen LogP contribution is -2.47. The van der Waals surface area contributed by atoms with E-state index in [9.17, 15) is 0 Å². The van der Waals surface area contributed by atoms with Gasteiger partial charge in [0.05, 0.1) is 12.2 Å². The molecule has 2 N–H and O–H groups in total. The van der Waals surface area contributed by atoms with E-state index in [1.54, 1.807) is 0 Å². The first-order chi connectivity index (χ1) is 6.89. The molecule has 4 nitrogen and oxygen atoms in total. The number of nitrogens with zero attached hydrogens (tertiary/aromatic N) is 3. The van der Waals surface area contributed by atoms with Gasteiger partial charge in [-0.1, -0.05) is 0 Å². The van der Waals surface area contributed by atoms with E-state index in [1.807, 2.05) is 31.2 Å². The number of nitrogens with two attached hydrogens (primary N) is 1. The summed E-state index contributed by atoms with van der Waals surface area (Å²) in [4.78, 5) is 2.14. The third-order valence-electron chi connectivity index (χ3n) is 3.25. The number of hydrogen-bond acceptors (Lipinski definition) is 3. The summed E-state index contributed by atoms with van der Waals surface area (Å²) in [5.41, 5.74) is 7.27. The highest BCUT2D eigenvalue weighted by molar-refractivity contribution is 5.15. The van der Waals surface area contributed by atoms with Gasteiger partial charge in [-0.25, -0.2) is 0 Å².